The Morgan fingerprint density at radius 1 is 1.20 bits per heavy atom. The van der Waals surface area contributed by atoms with E-state index < -0.39 is 43.2 Å². The summed E-state index contributed by atoms with van der Waals surface area (Å²) in [5.41, 5.74) is 1.19. The molecule has 0 saturated carbocycles. The zero-order valence-corrected chi connectivity index (χ0v) is 15.9. The van der Waals surface area contributed by atoms with Gasteiger partial charge in [0.25, 0.3) is 0 Å². The minimum Gasteiger partial charge on any atom is -0.462 e. The van der Waals surface area contributed by atoms with Crippen LogP contribution < -0.4 is 15.5 Å². The number of aliphatic hydroxyl groups is 3. The molecule has 2 heterocycles. The summed E-state index contributed by atoms with van der Waals surface area (Å²) in [7, 11) is 0. The number of hydrogen-bond acceptors (Lipinski definition) is 9. The topological polar surface area (TPSA) is 151 Å². The minimum atomic E-state index is -1.42. The summed E-state index contributed by atoms with van der Waals surface area (Å²) in [5, 5.41) is 32.3. The maximum absolute atomic E-state index is 11.6. The molecule has 2 aliphatic heterocycles. The first-order valence-corrected chi connectivity index (χ1v) is 9.26. The van der Waals surface area contributed by atoms with Gasteiger partial charge in [0.05, 0.1) is 6.61 Å². The molecule has 1 fully saturated rings. The van der Waals surface area contributed by atoms with Gasteiger partial charge < -0.3 is 34.5 Å². The Bertz CT molecular complexity index is 1100. The van der Waals surface area contributed by atoms with Gasteiger partial charge in [-0.25, -0.2) is 4.98 Å². The van der Waals surface area contributed by atoms with Crippen molar-refractivity contribution in [1.29, 1.82) is 0 Å². The molecule has 1 aromatic carbocycles. The molecule has 0 aromatic heterocycles. The van der Waals surface area contributed by atoms with Crippen LogP contribution in [0.25, 0.3) is 22.6 Å². The number of rotatable bonds is 4. The summed E-state index contributed by atoms with van der Waals surface area (Å²) in [4.78, 5) is 27.5. The van der Waals surface area contributed by atoms with Crippen molar-refractivity contribution < 1.29 is 34.0 Å². The van der Waals surface area contributed by atoms with E-state index in [1.165, 1.54) is 25.1 Å². The van der Waals surface area contributed by atoms with Crippen LogP contribution in [-0.4, -0.2) is 63.5 Å². The lowest BCUT2D eigenvalue weighted by Gasteiger charge is -2.42. The van der Waals surface area contributed by atoms with E-state index in [1.807, 2.05) is 0 Å². The van der Waals surface area contributed by atoms with E-state index in [1.54, 1.807) is 18.2 Å². The number of carbonyl (C=O) groups is 1. The lowest BCUT2D eigenvalue weighted by atomic mass is 9.97. The van der Waals surface area contributed by atoms with Gasteiger partial charge in [-0.15, -0.1) is 0 Å². The normalized spacial score (nSPS) is 26.6. The highest BCUT2D eigenvalue weighted by Crippen LogP contribution is 2.29. The number of benzene rings is 2. The van der Waals surface area contributed by atoms with Gasteiger partial charge in [0.15, 0.2) is 16.8 Å². The summed E-state index contributed by atoms with van der Waals surface area (Å²) in [6, 6.07) is 7.98. The van der Waals surface area contributed by atoms with Gasteiger partial charge in [0.1, 0.15) is 41.3 Å². The average molecular weight is 416 g/mol. The Hall–Kier alpha value is -3.05. The zero-order valence-electron chi connectivity index (χ0n) is 15.9. The maximum atomic E-state index is 11.6. The molecule has 0 bridgehead atoms. The number of nitrogens with zero attached hydrogens (tertiary/aromatic N) is 1. The first-order chi connectivity index (χ1) is 14.4. The Kier molecular flexibility index (Phi) is 5.39. The van der Waals surface area contributed by atoms with E-state index in [4.69, 9.17) is 13.9 Å². The third-order valence-electron chi connectivity index (χ3n) is 4.83. The fourth-order valence-corrected chi connectivity index (χ4v) is 3.36. The molecule has 0 unspecified atom stereocenters. The number of aromatic nitrogens is 1. The van der Waals surface area contributed by atoms with E-state index in [9.17, 15) is 24.9 Å². The molecule has 3 aliphatic rings. The van der Waals surface area contributed by atoms with Crippen molar-refractivity contribution in [3.63, 3.8) is 0 Å². The second-order valence-corrected chi connectivity index (χ2v) is 7.02. The monoisotopic (exact) mass is 416 g/mol. The van der Waals surface area contributed by atoms with Crippen LogP contribution >= 0.6 is 0 Å². The highest BCUT2D eigenvalue weighted by molar-refractivity contribution is 5.77. The fraction of sp³-hybridized carbons (Fsp3) is 0.350. The van der Waals surface area contributed by atoms with Crippen LogP contribution in [-0.2, 0) is 9.53 Å². The van der Waals surface area contributed by atoms with Gasteiger partial charge >= 0.3 is 0 Å². The van der Waals surface area contributed by atoms with Gasteiger partial charge in [-0.05, 0) is 24.3 Å². The fourth-order valence-electron chi connectivity index (χ4n) is 3.36. The second-order valence-electron chi connectivity index (χ2n) is 7.02. The Labute approximate surface area is 170 Å². The van der Waals surface area contributed by atoms with Crippen molar-refractivity contribution in [1.82, 2.24) is 10.3 Å². The predicted octanol–water partition coefficient (Wildman–Crippen LogP) is -0.385. The van der Waals surface area contributed by atoms with Crippen LogP contribution in [0.4, 0.5) is 0 Å². The van der Waals surface area contributed by atoms with Crippen LogP contribution in [0.5, 0.6) is 5.75 Å². The maximum Gasteiger partial charge on any atom is 0.223 e. The molecule has 1 aromatic rings. The zero-order chi connectivity index (χ0) is 21.4. The molecule has 1 amide bonds. The van der Waals surface area contributed by atoms with E-state index in [0.29, 0.717) is 22.6 Å². The number of ether oxygens (including phenoxy) is 2. The predicted molar refractivity (Wildman–Crippen MR) is 103 cm³/mol. The summed E-state index contributed by atoms with van der Waals surface area (Å²) >= 11 is 0. The SMILES string of the molecule is CC(=O)N[C@H]1[C@H](Oc2ccc3nc4ccc(=O)cc-4oc3c2)O[C@@H](CO)[C@H](O)[C@H]1O. The molecule has 0 spiro atoms. The van der Waals surface area contributed by atoms with E-state index in [0.717, 1.165) is 0 Å². The molecular formula is C20H20N2O8. The smallest absolute Gasteiger partial charge is 0.223 e. The molecule has 4 N–H and O–H groups in total. The van der Waals surface area contributed by atoms with Crippen LogP contribution in [0, 0.1) is 0 Å². The standard InChI is InChI=1S/C20H20N2O8/c1-9(24)21-17-19(27)18(26)16(8-23)30-20(17)28-11-3-5-13-15(7-11)29-14-6-10(25)2-4-12(14)22-13/h2-7,16-20,23,26-27H,8H2,1H3,(H,21,24)/t16-,17+,18-,19-,20+/m0/s1. The van der Waals surface area contributed by atoms with Gasteiger partial charge in [0.2, 0.25) is 12.2 Å². The molecule has 158 valence electrons. The number of fused-ring (bicyclic) bond motifs is 2. The number of carbonyl (C=O) groups excluding carboxylic acids is 1. The molecule has 1 aliphatic carbocycles. The molecule has 5 atom stereocenters. The third-order valence-corrected chi connectivity index (χ3v) is 4.83. The number of amides is 1. The van der Waals surface area contributed by atoms with Crippen molar-refractivity contribution in [3.8, 4) is 17.2 Å². The van der Waals surface area contributed by atoms with Crippen LogP contribution in [0.2, 0.25) is 0 Å². The van der Waals surface area contributed by atoms with Crippen molar-refractivity contribution in [3.05, 3.63) is 46.6 Å². The van der Waals surface area contributed by atoms with Crippen LogP contribution in [0.3, 0.4) is 0 Å². The molecule has 4 rings (SSSR count). The van der Waals surface area contributed by atoms with E-state index >= 15 is 0 Å². The van der Waals surface area contributed by atoms with Crippen molar-refractivity contribution in [2.75, 3.05) is 6.61 Å². The summed E-state index contributed by atoms with van der Waals surface area (Å²) in [6.45, 7) is 0.704. The van der Waals surface area contributed by atoms with Crippen molar-refractivity contribution in [2.45, 2.75) is 37.6 Å². The molecule has 10 heteroatoms. The first-order valence-electron chi connectivity index (χ1n) is 9.26. The van der Waals surface area contributed by atoms with Crippen LogP contribution in [0.1, 0.15) is 6.92 Å². The Morgan fingerprint density at radius 3 is 2.73 bits per heavy atom. The molecule has 1 saturated heterocycles. The Balaban J connectivity index is 1.66. The molecule has 30 heavy (non-hydrogen) atoms. The molecular weight excluding hydrogens is 396 g/mol. The number of aliphatic hydroxyl groups excluding tert-OH is 3. The number of nitrogens with one attached hydrogen (secondary N) is 1. The lowest BCUT2D eigenvalue weighted by Crippen LogP contribution is -2.65. The third kappa shape index (κ3) is 3.85. The first kappa shape index (κ1) is 20.2. The summed E-state index contributed by atoms with van der Waals surface area (Å²) in [6.07, 6.45) is -5.11. The Morgan fingerprint density at radius 2 is 2.00 bits per heavy atom. The highest BCUT2D eigenvalue weighted by Gasteiger charge is 2.46. The van der Waals surface area contributed by atoms with Crippen molar-refractivity contribution >= 4 is 17.0 Å². The van der Waals surface area contributed by atoms with E-state index in [2.05, 4.69) is 10.3 Å². The highest BCUT2D eigenvalue weighted by atomic mass is 16.7. The molecule has 0 radical (unpaired) electrons. The largest absolute Gasteiger partial charge is 0.462 e. The van der Waals surface area contributed by atoms with Crippen LogP contribution in [0.15, 0.2) is 45.6 Å². The van der Waals surface area contributed by atoms with Gasteiger partial charge in [-0.2, -0.15) is 0 Å². The summed E-state index contributed by atoms with van der Waals surface area (Å²) < 4.78 is 17.1. The summed E-state index contributed by atoms with van der Waals surface area (Å²) in [5.74, 6) is 0.130. The van der Waals surface area contributed by atoms with Crippen molar-refractivity contribution in [2.24, 2.45) is 0 Å². The van der Waals surface area contributed by atoms with E-state index in [-0.39, 0.29) is 11.2 Å². The second kappa shape index (κ2) is 8.00. The lowest BCUT2D eigenvalue weighted by molar-refractivity contribution is -0.244. The average Bonchev–Trinajstić information content (AvgIpc) is 2.71. The van der Waals surface area contributed by atoms with Gasteiger partial charge in [0, 0.05) is 19.1 Å². The van der Waals surface area contributed by atoms with Gasteiger partial charge in [-0.3, -0.25) is 9.59 Å². The van der Waals surface area contributed by atoms with Gasteiger partial charge in [-0.1, -0.05) is 0 Å². The number of hydrogen-bond donors (Lipinski definition) is 4. The minimum absolute atomic E-state index is 0.212. The molecule has 10 nitrogen and oxygen atoms in total. The quantitative estimate of drug-likeness (QED) is 0.417.